The van der Waals surface area contributed by atoms with Crippen LogP contribution in [0, 0.1) is 0 Å². The molecule has 0 radical (unpaired) electrons. The average Bonchev–Trinajstić information content (AvgIpc) is 2.44. The van der Waals surface area contributed by atoms with Gasteiger partial charge in [0.1, 0.15) is 11.5 Å². The molecular formula is C15H26ClNO2S. The molecule has 0 unspecified atom stereocenters. The first-order valence-electron chi connectivity index (χ1n) is 6.98. The highest BCUT2D eigenvalue weighted by atomic mass is 35.5. The van der Waals surface area contributed by atoms with Crippen LogP contribution in [0.3, 0.4) is 0 Å². The van der Waals surface area contributed by atoms with Crippen LogP contribution < -0.4 is 15.2 Å². The summed E-state index contributed by atoms with van der Waals surface area (Å²) in [5, 5.41) is 0. The van der Waals surface area contributed by atoms with Gasteiger partial charge >= 0.3 is 0 Å². The van der Waals surface area contributed by atoms with Crippen molar-refractivity contribution in [1.29, 1.82) is 0 Å². The van der Waals surface area contributed by atoms with Gasteiger partial charge in [0.25, 0.3) is 0 Å². The summed E-state index contributed by atoms with van der Waals surface area (Å²) < 4.78 is 11.0. The molecule has 1 aromatic carbocycles. The van der Waals surface area contributed by atoms with Crippen molar-refractivity contribution in [3.05, 3.63) is 24.3 Å². The molecule has 0 fully saturated rings. The monoisotopic (exact) mass is 319 g/mol. The number of hydrogen-bond acceptors (Lipinski definition) is 4. The van der Waals surface area contributed by atoms with Crippen LogP contribution in [-0.4, -0.2) is 25.0 Å². The number of benzene rings is 1. The highest BCUT2D eigenvalue weighted by Gasteiger charge is 1.99. The molecule has 0 aromatic heterocycles. The topological polar surface area (TPSA) is 44.5 Å². The van der Waals surface area contributed by atoms with Gasteiger partial charge in [-0.3, -0.25) is 0 Å². The molecule has 0 aliphatic heterocycles. The molecule has 20 heavy (non-hydrogen) atoms. The Hall–Kier alpha value is -0.580. The van der Waals surface area contributed by atoms with Gasteiger partial charge in [0.2, 0.25) is 0 Å². The first kappa shape index (κ1) is 19.4. The van der Waals surface area contributed by atoms with Crippen LogP contribution in [0.5, 0.6) is 11.5 Å². The predicted octanol–water partition coefficient (Wildman–Crippen LogP) is 3.70. The number of halogens is 1. The zero-order valence-electron chi connectivity index (χ0n) is 12.1. The molecule has 0 amide bonds. The molecule has 3 nitrogen and oxygen atoms in total. The standard InChI is InChI=1S/C15H25NO2S.ClH/c1-2-17-14-7-9-15(10-8-14)18-11-5-3-4-6-13(16)12-19;/h7-10,13,19H,2-6,11-12,16H2,1H3;1H/t13-;/m0./s1. The zero-order valence-corrected chi connectivity index (χ0v) is 13.8. The van der Waals surface area contributed by atoms with E-state index >= 15 is 0 Å². The summed E-state index contributed by atoms with van der Waals surface area (Å²) >= 11 is 4.17. The minimum absolute atomic E-state index is 0. The van der Waals surface area contributed by atoms with Crippen LogP contribution in [0.2, 0.25) is 0 Å². The van der Waals surface area contributed by atoms with Crippen molar-refractivity contribution >= 4 is 25.0 Å². The van der Waals surface area contributed by atoms with Gasteiger partial charge in [0.05, 0.1) is 13.2 Å². The lowest BCUT2D eigenvalue weighted by Gasteiger charge is -2.09. The van der Waals surface area contributed by atoms with E-state index in [1.54, 1.807) is 0 Å². The van der Waals surface area contributed by atoms with Crippen molar-refractivity contribution in [3.63, 3.8) is 0 Å². The summed E-state index contributed by atoms with van der Waals surface area (Å²) in [6, 6.07) is 7.99. The van der Waals surface area contributed by atoms with Crippen molar-refractivity contribution in [2.45, 2.75) is 38.6 Å². The second-order valence-corrected chi connectivity index (χ2v) is 4.91. The molecule has 0 spiro atoms. The third-order valence-electron chi connectivity index (χ3n) is 2.86. The Bertz CT molecular complexity index is 335. The Morgan fingerprint density at radius 2 is 1.65 bits per heavy atom. The molecule has 1 rings (SSSR count). The predicted molar refractivity (Wildman–Crippen MR) is 90.7 cm³/mol. The molecule has 1 atom stereocenters. The largest absolute Gasteiger partial charge is 0.494 e. The van der Waals surface area contributed by atoms with Crippen LogP contribution in [0.1, 0.15) is 32.6 Å². The summed E-state index contributed by atoms with van der Waals surface area (Å²) in [5.41, 5.74) is 5.80. The smallest absolute Gasteiger partial charge is 0.119 e. The summed E-state index contributed by atoms with van der Waals surface area (Å²) in [6.07, 6.45) is 4.41. The Morgan fingerprint density at radius 1 is 1.05 bits per heavy atom. The molecule has 5 heteroatoms. The number of rotatable bonds is 10. The van der Waals surface area contributed by atoms with Gasteiger partial charge in [-0.1, -0.05) is 12.8 Å². The third-order valence-corrected chi connectivity index (χ3v) is 3.33. The lowest BCUT2D eigenvalue weighted by molar-refractivity contribution is 0.302. The van der Waals surface area contributed by atoms with Crippen molar-refractivity contribution in [2.24, 2.45) is 5.73 Å². The molecule has 0 saturated carbocycles. The molecule has 0 bridgehead atoms. The SMILES string of the molecule is CCOc1ccc(OCCCCC[C@H](N)CS)cc1.Cl. The van der Waals surface area contributed by atoms with Crippen LogP contribution in [0.4, 0.5) is 0 Å². The Balaban J connectivity index is 0.00000361. The quantitative estimate of drug-likeness (QED) is 0.510. The maximum Gasteiger partial charge on any atom is 0.119 e. The zero-order chi connectivity index (χ0) is 13.9. The maximum atomic E-state index is 5.80. The maximum absolute atomic E-state index is 5.80. The van der Waals surface area contributed by atoms with E-state index in [1.807, 2.05) is 31.2 Å². The molecule has 1 aromatic rings. The van der Waals surface area contributed by atoms with Gasteiger partial charge in [0.15, 0.2) is 0 Å². The first-order valence-corrected chi connectivity index (χ1v) is 7.61. The fourth-order valence-corrected chi connectivity index (χ4v) is 1.95. The normalized spacial score (nSPS) is 11.6. The summed E-state index contributed by atoms with van der Waals surface area (Å²) in [5.74, 6) is 2.55. The van der Waals surface area contributed by atoms with Gasteiger partial charge in [-0.25, -0.2) is 0 Å². The summed E-state index contributed by atoms with van der Waals surface area (Å²) in [6.45, 7) is 3.42. The van der Waals surface area contributed by atoms with Crippen LogP contribution >= 0.6 is 25.0 Å². The molecule has 0 heterocycles. The molecule has 0 saturated heterocycles. The molecule has 0 aliphatic rings. The molecular weight excluding hydrogens is 294 g/mol. The Morgan fingerprint density at radius 3 is 2.20 bits per heavy atom. The average molecular weight is 320 g/mol. The lowest BCUT2D eigenvalue weighted by atomic mass is 10.1. The van der Waals surface area contributed by atoms with Gasteiger partial charge < -0.3 is 15.2 Å². The minimum atomic E-state index is 0. The van der Waals surface area contributed by atoms with E-state index in [0.717, 1.165) is 49.5 Å². The van der Waals surface area contributed by atoms with Gasteiger partial charge in [-0.05, 0) is 44.0 Å². The Labute approximate surface area is 134 Å². The van der Waals surface area contributed by atoms with Crippen LogP contribution in [0.15, 0.2) is 24.3 Å². The van der Waals surface area contributed by atoms with Crippen LogP contribution in [-0.2, 0) is 0 Å². The van der Waals surface area contributed by atoms with E-state index in [9.17, 15) is 0 Å². The fraction of sp³-hybridized carbons (Fsp3) is 0.600. The summed E-state index contributed by atoms with van der Waals surface area (Å²) in [7, 11) is 0. The first-order chi connectivity index (χ1) is 9.26. The van der Waals surface area contributed by atoms with E-state index in [0.29, 0.717) is 6.61 Å². The molecule has 0 aliphatic carbocycles. The Kier molecular flexibility index (Phi) is 11.8. The van der Waals surface area contributed by atoms with Crippen molar-refractivity contribution < 1.29 is 9.47 Å². The number of thiol groups is 1. The van der Waals surface area contributed by atoms with Crippen molar-refractivity contribution in [2.75, 3.05) is 19.0 Å². The van der Waals surface area contributed by atoms with Gasteiger partial charge in [0, 0.05) is 11.8 Å². The van der Waals surface area contributed by atoms with E-state index in [1.165, 1.54) is 0 Å². The fourth-order valence-electron chi connectivity index (χ4n) is 1.77. The minimum Gasteiger partial charge on any atom is -0.494 e. The van der Waals surface area contributed by atoms with E-state index in [-0.39, 0.29) is 18.4 Å². The van der Waals surface area contributed by atoms with Gasteiger partial charge in [-0.2, -0.15) is 12.6 Å². The van der Waals surface area contributed by atoms with Crippen LogP contribution in [0.25, 0.3) is 0 Å². The third kappa shape index (κ3) is 8.56. The highest BCUT2D eigenvalue weighted by Crippen LogP contribution is 2.17. The number of nitrogens with two attached hydrogens (primary N) is 1. The second kappa shape index (κ2) is 12.2. The van der Waals surface area contributed by atoms with E-state index < -0.39 is 0 Å². The van der Waals surface area contributed by atoms with Crippen molar-refractivity contribution in [1.82, 2.24) is 0 Å². The number of unbranched alkanes of at least 4 members (excludes halogenated alkanes) is 2. The number of ether oxygens (including phenoxy) is 2. The number of hydrogen-bond donors (Lipinski definition) is 2. The van der Waals surface area contributed by atoms with Crippen molar-refractivity contribution in [3.8, 4) is 11.5 Å². The lowest BCUT2D eigenvalue weighted by Crippen LogP contribution is -2.21. The molecule has 2 N–H and O–H groups in total. The van der Waals surface area contributed by atoms with E-state index in [2.05, 4.69) is 12.6 Å². The van der Waals surface area contributed by atoms with E-state index in [4.69, 9.17) is 15.2 Å². The second-order valence-electron chi connectivity index (χ2n) is 4.54. The van der Waals surface area contributed by atoms with Gasteiger partial charge in [-0.15, -0.1) is 12.4 Å². The highest BCUT2D eigenvalue weighted by molar-refractivity contribution is 7.80. The molecule has 116 valence electrons. The summed E-state index contributed by atoms with van der Waals surface area (Å²) in [4.78, 5) is 0.